The van der Waals surface area contributed by atoms with E-state index in [-0.39, 0.29) is 11.3 Å². The van der Waals surface area contributed by atoms with Crippen LogP contribution in [0.1, 0.15) is 91.9 Å². The van der Waals surface area contributed by atoms with E-state index in [1.165, 1.54) is 19.3 Å². The molecule has 0 fully saturated rings. The van der Waals surface area contributed by atoms with Crippen molar-refractivity contribution in [1.29, 1.82) is 0 Å². The molecule has 0 aliphatic carbocycles. The van der Waals surface area contributed by atoms with Crippen LogP contribution in [0.25, 0.3) is 0 Å². The summed E-state index contributed by atoms with van der Waals surface area (Å²) in [7, 11) is -2.99. The summed E-state index contributed by atoms with van der Waals surface area (Å²) in [5, 5.41) is 0. The van der Waals surface area contributed by atoms with Crippen molar-refractivity contribution in [3.63, 3.8) is 0 Å². The zero-order valence-electron chi connectivity index (χ0n) is 13.5. The van der Waals surface area contributed by atoms with E-state index in [1.807, 2.05) is 6.92 Å². The maximum absolute atomic E-state index is 12.7. The van der Waals surface area contributed by atoms with E-state index < -0.39 is 7.37 Å². The third-order valence-corrected chi connectivity index (χ3v) is 7.23. The second-order valence-corrected chi connectivity index (χ2v) is 8.91. The zero-order valence-corrected chi connectivity index (χ0v) is 14.4. The fourth-order valence-corrected chi connectivity index (χ4v) is 5.15. The molecule has 0 saturated carbocycles. The molecule has 0 aromatic heterocycles. The second-order valence-electron chi connectivity index (χ2n) is 5.96. The van der Waals surface area contributed by atoms with Crippen molar-refractivity contribution in [2.45, 2.75) is 103 Å². The Morgan fingerprint density at radius 3 is 2.00 bits per heavy atom. The van der Waals surface area contributed by atoms with Crippen LogP contribution in [0.4, 0.5) is 0 Å². The first-order valence-electron chi connectivity index (χ1n) is 8.32. The molecule has 3 unspecified atom stereocenters. The highest BCUT2D eigenvalue weighted by Crippen LogP contribution is 2.55. The number of hydrogen-bond donors (Lipinski definition) is 1. The molecule has 0 saturated heterocycles. The molecule has 116 valence electrons. The van der Waals surface area contributed by atoms with Gasteiger partial charge >= 0.3 is 0 Å². The molecule has 3 heteroatoms. The number of hydrogen-bond acceptors (Lipinski definition) is 1. The lowest BCUT2D eigenvalue weighted by Gasteiger charge is -2.28. The highest BCUT2D eigenvalue weighted by atomic mass is 31.2. The van der Waals surface area contributed by atoms with Crippen molar-refractivity contribution < 1.29 is 9.46 Å². The molecule has 2 nitrogen and oxygen atoms in total. The Morgan fingerprint density at radius 2 is 1.47 bits per heavy atom. The Hall–Kier alpha value is 0.190. The van der Waals surface area contributed by atoms with Crippen LogP contribution in [-0.4, -0.2) is 16.2 Å². The van der Waals surface area contributed by atoms with Gasteiger partial charge in [-0.25, -0.2) is 0 Å². The topological polar surface area (TPSA) is 37.3 Å². The maximum Gasteiger partial charge on any atom is 0.206 e. The zero-order chi connectivity index (χ0) is 14.7. The summed E-state index contributed by atoms with van der Waals surface area (Å²) in [6, 6.07) is 0. The fraction of sp³-hybridized carbons (Fsp3) is 1.00. The van der Waals surface area contributed by atoms with Gasteiger partial charge in [-0.2, -0.15) is 0 Å². The lowest BCUT2D eigenvalue weighted by molar-refractivity contribution is 0.428. The van der Waals surface area contributed by atoms with Crippen molar-refractivity contribution >= 4 is 7.37 Å². The Balaban J connectivity index is 4.37. The van der Waals surface area contributed by atoms with E-state index >= 15 is 0 Å². The van der Waals surface area contributed by atoms with Gasteiger partial charge in [0.25, 0.3) is 0 Å². The Kier molecular flexibility index (Phi) is 11.0. The normalized spacial score (nSPS) is 17.9. The smallest absolute Gasteiger partial charge is 0.206 e. The number of unbranched alkanes of at least 4 members (excludes halogenated alkanes) is 4. The molecule has 1 N–H and O–H groups in total. The quantitative estimate of drug-likeness (QED) is 0.355. The van der Waals surface area contributed by atoms with Gasteiger partial charge in [-0.3, -0.25) is 4.57 Å². The molecule has 0 aliphatic heterocycles. The lowest BCUT2D eigenvalue weighted by atomic mass is 10.1. The van der Waals surface area contributed by atoms with Crippen LogP contribution < -0.4 is 0 Å². The van der Waals surface area contributed by atoms with E-state index in [4.69, 9.17) is 0 Å². The van der Waals surface area contributed by atoms with Crippen LogP contribution in [0, 0.1) is 0 Å². The van der Waals surface area contributed by atoms with E-state index in [9.17, 15) is 9.46 Å². The van der Waals surface area contributed by atoms with Gasteiger partial charge in [0.15, 0.2) is 0 Å². The van der Waals surface area contributed by atoms with Gasteiger partial charge < -0.3 is 4.89 Å². The van der Waals surface area contributed by atoms with Crippen molar-refractivity contribution in [2.24, 2.45) is 0 Å². The molecule has 0 heterocycles. The molecule has 0 aliphatic rings. The summed E-state index contributed by atoms with van der Waals surface area (Å²) in [6.07, 6.45) is 10.7. The molecule has 0 aromatic carbocycles. The summed E-state index contributed by atoms with van der Waals surface area (Å²) < 4.78 is 12.7. The summed E-state index contributed by atoms with van der Waals surface area (Å²) >= 11 is 0. The van der Waals surface area contributed by atoms with Crippen LogP contribution in [-0.2, 0) is 4.57 Å². The molecule has 0 rings (SSSR count). The van der Waals surface area contributed by atoms with Crippen LogP contribution in [0.15, 0.2) is 0 Å². The Labute approximate surface area is 120 Å². The summed E-state index contributed by atoms with van der Waals surface area (Å²) in [5.41, 5.74) is 0.0244. The first-order valence-corrected chi connectivity index (χ1v) is 10.1. The SMILES string of the molecule is CCCCCCC(C)P(=O)(O)C(CCC)CCCC. The minimum atomic E-state index is -2.99. The van der Waals surface area contributed by atoms with Crippen molar-refractivity contribution in [3.8, 4) is 0 Å². The van der Waals surface area contributed by atoms with Crippen molar-refractivity contribution in [3.05, 3.63) is 0 Å². The molecule has 0 amide bonds. The van der Waals surface area contributed by atoms with Gasteiger partial charge in [-0.05, 0) is 19.3 Å². The summed E-state index contributed by atoms with van der Waals surface area (Å²) in [5.74, 6) is 0. The van der Waals surface area contributed by atoms with E-state index in [1.54, 1.807) is 0 Å². The molecular formula is C16H35O2P. The largest absolute Gasteiger partial charge is 0.344 e. The second kappa shape index (κ2) is 10.9. The highest BCUT2D eigenvalue weighted by Gasteiger charge is 2.34. The predicted molar refractivity (Wildman–Crippen MR) is 86.3 cm³/mol. The lowest BCUT2D eigenvalue weighted by Crippen LogP contribution is -2.17. The van der Waals surface area contributed by atoms with Gasteiger partial charge in [0.05, 0.1) is 0 Å². The van der Waals surface area contributed by atoms with Gasteiger partial charge in [0.2, 0.25) is 7.37 Å². The third kappa shape index (κ3) is 7.51. The molecule has 19 heavy (non-hydrogen) atoms. The van der Waals surface area contributed by atoms with Crippen LogP contribution in [0.3, 0.4) is 0 Å². The molecule has 0 radical (unpaired) electrons. The van der Waals surface area contributed by atoms with Gasteiger partial charge in [0.1, 0.15) is 0 Å². The molecule has 0 spiro atoms. The fourth-order valence-electron chi connectivity index (χ4n) is 2.70. The van der Waals surface area contributed by atoms with Crippen molar-refractivity contribution in [2.75, 3.05) is 0 Å². The van der Waals surface area contributed by atoms with Crippen LogP contribution in [0.5, 0.6) is 0 Å². The summed E-state index contributed by atoms with van der Waals surface area (Å²) in [6.45, 7) is 8.45. The average molecular weight is 290 g/mol. The minimum Gasteiger partial charge on any atom is -0.344 e. The van der Waals surface area contributed by atoms with Gasteiger partial charge in [-0.15, -0.1) is 0 Å². The average Bonchev–Trinajstić information content (AvgIpc) is 2.39. The molecular weight excluding hydrogens is 255 g/mol. The molecule has 0 bridgehead atoms. The predicted octanol–water partition coefficient (Wildman–Crippen LogP) is 5.97. The highest BCUT2D eigenvalue weighted by molar-refractivity contribution is 7.59. The standard InChI is InChI=1S/C16H35O2P/c1-5-8-10-11-13-15(4)19(17,18)16(12-7-3)14-9-6-2/h15-16H,5-14H2,1-4H3,(H,17,18). The number of rotatable bonds is 12. The Bertz CT molecular complexity index is 253. The third-order valence-electron chi connectivity index (χ3n) is 4.14. The molecule has 0 aromatic rings. The van der Waals surface area contributed by atoms with Gasteiger partial charge in [-0.1, -0.05) is 72.6 Å². The molecule has 3 atom stereocenters. The van der Waals surface area contributed by atoms with Crippen molar-refractivity contribution in [1.82, 2.24) is 0 Å². The Morgan fingerprint density at radius 1 is 0.842 bits per heavy atom. The first kappa shape index (κ1) is 19.2. The monoisotopic (exact) mass is 290 g/mol. The van der Waals surface area contributed by atoms with Crippen LogP contribution >= 0.6 is 7.37 Å². The van der Waals surface area contributed by atoms with Gasteiger partial charge in [0, 0.05) is 11.3 Å². The first-order chi connectivity index (χ1) is 9.00. The minimum absolute atomic E-state index is 0.0160. The van der Waals surface area contributed by atoms with E-state index in [0.717, 1.165) is 44.9 Å². The maximum atomic E-state index is 12.7. The van der Waals surface area contributed by atoms with Crippen LogP contribution in [0.2, 0.25) is 0 Å². The van der Waals surface area contributed by atoms with E-state index in [0.29, 0.717) is 0 Å². The summed E-state index contributed by atoms with van der Waals surface area (Å²) in [4.78, 5) is 10.5. The van der Waals surface area contributed by atoms with E-state index in [2.05, 4.69) is 20.8 Å².